The lowest BCUT2D eigenvalue weighted by atomic mass is 10.3. The molecule has 0 amide bonds. The second-order valence-electron chi connectivity index (χ2n) is 6.43. The number of fused-ring (bicyclic) bond motifs is 1. The summed E-state index contributed by atoms with van der Waals surface area (Å²) in [6.07, 6.45) is 3.65. The van der Waals surface area contributed by atoms with Gasteiger partial charge in [-0.05, 0) is 26.0 Å². The average Bonchev–Trinajstić information content (AvgIpc) is 3.25. The summed E-state index contributed by atoms with van der Waals surface area (Å²) in [6.45, 7) is 4.65. The number of nitrogens with one attached hydrogen (secondary N) is 2. The number of anilines is 1. The molecule has 0 fully saturated rings. The molecule has 0 bridgehead atoms. The molecule has 0 saturated carbocycles. The van der Waals surface area contributed by atoms with Crippen LogP contribution in [0.4, 0.5) is 9.52 Å². The minimum Gasteiger partial charge on any atom is -0.479 e. The Balaban J connectivity index is 1.56. The Labute approximate surface area is 169 Å². The van der Waals surface area contributed by atoms with Crippen LogP contribution in [0.3, 0.4) is 0 Å². The number of aromatic amines is 1. The van der Waals surface area contributed by atoms with E-state index in [1.165, 1.54) is 23.6 Å². The molecule has 0 aromatic carbocycles. The molecular formula is C18H19FN8OS. The van der Waals surface area contributed by atoms with E-state index >= 15 is 0 Å². The van der Waals surface area contributed by atoms with Crippen molar-refractivity contribution < 1.29 is 9.50 Å². The summed E-state index contributed by atoms with van der Waals surface area (Å²) >= 11 is 1.27. The first-order valence-electron chi connectivity index (χ1n) is 8.94. The van der Waals surface area contributed by atoms with Gasteiger partial charge in [-0.25, -0.2) is 24.8 Å². The van der Waals surface area contributed by atoms with Gasteiger partial charge in [-0.1, -0.05) is 11.3 Å². The Bertz CT molecular complexity index is 1120. The van der Waals surface area contributed by atoms with Gasteiger partial charge in [-0.15, -0.1) is 0 Å². The molecule has 0 radical (unpaired) electrons. The summed E-state index contributed by atoms with van der Waals surface area (Å²) in [6, 6.07) is 2.61. The smallest absolute Gasteiger partial charge is 0.315 e. The number of imidazole rings is 1. The number of rotatable bonds is 7. The van der Waals surface area contributed by atoms with E-state index in [-0.39, 0.29) is 18.2 Å². The van der Waals surface area contributed by atoms with Crippen molar-refractivity contribution in [2.24, 2.45) is 0 Å². The van der Waals surface area contributed by atoms with E-state index in [0.29, 0.717) is 28.4 Å². The summed E-state index contributed by atoms with van der Waals surface area (Å²) in [5.41, 5.74) is 6.12. The maximum absolute atomic E-state index is 14.2. The fourth-order valence-electron chi connectivity index (χ4n) is 2.76. The van der Waals surface area contributed by atoms with E-state index in [1.807, 2.05) is 13.8 Å². The van der Waals surface area contributed by atoms with Crippen LogP contribution in [0.25, 0.3) is 10.3 Å². The van der Waals surface area contributed by atoms with Crippen LogP contribution in [0.2, 0.25) is 0 Å². The van der Waals surface area contributed by atoms with Gasteiger partial charge in [0.05, 0.1) is 24.1 Å². The number of halogens is 1. The quantitative estimate of drug-likeness (QED) is 0.395. The molecule has 150 valence electrons. The molecule has 4 aromatic rings. The molecule has 0 unspecified atom stereocenters. The highest BCUT2D eigenvalue weighted by molar-refractivity contribution is 7.21. The van der Waals surface area contributed by atoms with Gasteiger partial charge in [0.25, 0.3) is 0 Å². The zero-order valence-electron chi connectivity index (χ0n) is 15.8. The zero-order valence-corrected chi connectivity index (χ0v) is 16.7. The third-order valence-electron chi connectivity index (χ3n) is 4.34. The van der Waals surface area contributed by atoms with Crippen molar-refractivity contribution >= 4 is 26.8 Å². The molecule has 29 heavy (non-hydrogen) atoms. The number of pyridine rings is 1. The van der Waals surface area contributed by atoms with Gasteiger partial charge in [0.15, 0.2) is 4.83 Å². The van der Waals surface area contributed by atoms with E-state index in [2.05, 4.69) is 35.3 Å². The van der Waals surface area contributed by atoms with Gasteiger partial charge in [0.2, 0.25) is 5.13 Å². The predicted molar refractivity (Wildman–Crippen MR) is 107 cm³/mol. The number of nitrogens with zero attached hydrogens (tertiary/aromatic N) is 6. The number of hydrogen-bond acceptors (Lipinski definition) is 9. The van der Waals surface area contributed by atoms with Crippen molar-refractivity contribution in [1.82, 2.24) is 35.3 Å². The molecule has 0 atom stereocenters. The average molecular weight is 414 g/mol. The molecule has 0 aliphatic carbocycles. The minimum atomic E-state index is -0.393. The molecule has 4 heterocycles. The largest absolute Gasteiger partial charge is 0.479 e. The van der Waals surface area contributed by atoms with Crippen LogP contribution in [0, 0.1) is 19.7 Å². The van der Waals surface area contributed by atoms with Gasteiger partial charge < -0.3 is 10.1 Å². The lowest BCUT2D eigenvalue weighted by molar-refractivity contribution is 0.433. The van der Waals surface area contributed by atoms with Crippen molar-refractivity contribution in [2.75, 3.05) is 11.6 Å². The number of H-pyrrole nitrogens is 1. The van der Waals surface area contributed by atoms with Crippen LogP contribution < -0.4 is 10.4 Å². The molecule has 11 heteroatoms. The van der Waals surface area contributed by atoms with Crippen LogP contribution in [-0.4, -0.2) is 41.6 Å². The highest BCUT2D eigenvalue weighted by atomic mass is 32.1. The SMILES string of the molecule is Cc1nc(CCNN(Cc2ncccc2F)c2nc3cnc(O)nc3s2)[nH]c1C. The monoisotopic (exact) mass is 414 g/mol. The van der Waals surface area contributed by atoms with Gasteiger partial charge in [0.1, 0.15) is 17.2 Å². The Morgan fingerprint density at radius 1 is 1.24 bits per heavy atom. The maximum Gasteiger partial charge on any atom is 0.315 e. The van der Waals surface area contributed by atoms with Crippen LogP contribution in [0.1, 0.15) is 22.9 Å². The van der Waals surface area contributed by atoms with E-state index in [1.54, 1.807) is 17.3 Å². The van der Waals surface area contributed by atoms with Gasteiger partial charge >= 0.3 is 6.01 Å². The van der Waals surface area contributed by atoms with Gasteiger partial charge in [-0.2, -0.15) is 4.98 Å². The highest BCUT2D eigenvalue weighted by Crippen LogP contribution is 2.28. The molecule has 0 saturated heterocycles. The zero-order chi connectivity index (χ0) is 20.4. The second-order valence-corrected chi connectivity index (χ2v) is 7.38. The van der Waals surface area contributed by atoms with Crippen molar-refractivity contribution in [3.8, 4) is 6.01 Å². The van der Waals surface area contributed by atoms with E-state index in [9.17, 15) is 9.50 Å². The summed E-state index contributed by atoms with van der Waals surface area (Å²) in [5.74, 6) is 0.478. The third kappa shape index (κ3) is 4.30. The number of aromatic nitrogens is 6. The Kier molecular flexibility index (Phi) is 5.32. The summed E-state index contributed by atoms with van der Waals surface area (Å²) in [5, 5.41) is 11.8. The summed E-state index contributed by atoms with van der Waals surface area (Å²) < 4.78 is 14.2. The van der Waals surface area contributed by atoms with Crippen LogP contribution >= 0.6 is 11.3 Å². The fraction of sp³-hybridized carbons (Fsp3) is 0.278. The molecule has 9 nitrogen and oxygen atoms in total. The Morgan fingerprint density at radius 3 is 2.86 bits per heavy atom. The van der Waals surface area contributed by atoms with Crippen molar-refractivity contribution in [3.05, 3.63) is 53.2 Å². The maximum atomic E-state index is 14.2. The molecule has 3 N–H and O–H groups in total. The van der Waals surface area contributed by atoms with E-state index in [4.69, 9.17) is 0 Å². The molecule has 0 aliphatic rings. The van der Waals surface area contributed by atoms with Crippen molar-refractivity contribution in [2.45, 2.75) is 26.8 Å². The number of aromatic hydroxyl groups is 1. The highest BCUT2D eigenvalue weighted by Gasteiger charge is 2.17. The minimum absolute atomic E-state index is 0.169. The van der Waals surface area contributed by atoms with Crippen molar-refractivity contribution in [3.63, 3.8) is 0 Å². The molecule has 0 spiro atoms. The summed E-state index contributed by atoms with van der Waals surface area (Å²) in [7, 11) is 0. The molecular weight excluding hydrogens is 395 g/mol. The number of hydrazine groups is 1. The molecule has 0 aliphatic heterocycles. The van der Waals surface area contributed by atoms with Gasteiger partial charge in [-0.3, -0.25) is 9.99 Å². The van der Waals surface area contributed by atoms with E-state index in [0.717, 1.165) is 17.2 Å². The van der Waals surface area contributed by atoms with Crippen LogP contribution in [0.15, 0.2) is 24.5 Å². The first-order valence-corrected chi connectivity index (χ1v) is 9.76. The Hall–Kier alpha value is -3.18. The van der Waals surface area contributed by atoms with Crippen LogP contribution in [0.5, 0.6) is 6.01 Å². The third-order valence-corrected chi connectivity index (χ3v) is 5.33. The Morgan fingerprint density at radius 2 is 2.10 bits per heavy atom. The molecule has 4 aromatic heterocycles. The second kappa shape index (κ2) is 8.05. The lowest BCUT2D eigenvalue weighted by Crippen LogP contribution is -2.39. The lowest BCUT2D eigenvalue weighted by Gasteiger charge is -2.22. The van der Waals surface area contributed by atoms with Gasteiger partial charge in [0, 0.05) is 24.9 Å². The summed E-state index contributed by atoms with van der Waals surface area (Å²) in [4.78, 5) is 24.6. The predicted octanol–water partition coefficient (Wildman–Crippen LogP) is 2.42. The normalized spacial score (nSPS) is 11.3. The number of hydrogen-bond donors (Lipinski definition) is 3. The molecule has 4 rings (SSSR count). The van der Waals surface area contributed by atoms with E-state index < -0.39 is 5.82 Å². The first-order chi connectivity index (χ1) is 14.0. The van der Waals surface area contributed by atoms with Crippen molar-refractivity contribution in [1.29, 1.82) is 0 Å². The standard InChI is InChI=1S/C18H19FN8OS/c1-10-11(2)24-15(23-10)5-7-22-27(9-14-12(19)4-3-6-20-14)18-25-13-8-21-17(28)26-16(13)29-18/h3-4,6,8,22H,5,7,9H2,1-2H3,(H,23,24)(H,21,26,28). The fourth-order valence-corrected chi connectivity index (χ4v) is 3.64. The number of aryl methyl sites for hydroxylation is 2. The van der Waals surface area contributed by atoms with Crippen LogP contribution in [-0.2, 0) is 13.0 Å². The number of thiazole rings is 1. The first kappa shape index (κ1) is 19.2. The topological polar surface area (TPSA) is 116 Å².